The van der Waals surface area contributed by atoms with Crippen LogP contribution in [0.2, 0.25) is 0 Å². The molecule has 0 bridgehead atoms. The first kappa shape index (κ1) is 15.5. The highest BCUT2D eigenvalue weighted by atomic mass is 16.6. The molecular formula is C14H23N5O2. The first-order chi connectivity index (χ1) is 10.0. The molecule has 7 nitrogen and oxygen atoms in total. The van der Waals surface area contributed by atoms with E-state index in [1.807, 2.05) is 6.92 Å². The van der Waals surface area contributed by atoms with Crippen molar-refractivity contribution in [2.75, 3.05) is 23.3 Å². The maximum atomic E-state index is 11.3. The molecule has 116 valence electrons. The van der Waals surface area contributed by atoms with E-state index in [4.69, 9.17) is 0 Å². The highest BCUT2D eigenvalue weighted by molar-refractivity contribution is 5.60. The number of rotatable bonds is 8. The van der Waals surface area contributed by atoms with Gasteiger partial charge in [0.05, 0.1) is 4.92 Å². The third kappa shape index (κ3) is 4.03. The van der Waals surface area contributed by atoms with Crippen LogP contribution in [-0.2, 0) is 0 Å². The van der Waals surface area contributed by atoms with Gasteiger partial charge in [-0.1, -0.05) is 13.8 Å². The maximum Gasteiger partial charge on any atom is 0.329 e. The number of nitrogens with one attached hydrogen (secondary N) is 1. The molecule has 1 aliphatic carbocycles. The standard InChI is InChI=1S/C14H23N5O2/c1-4-15-14-16-9-12(19(20)21)13(17-14)18(11-5-6-11)8-7-10(2)3/h9-11H,4-8H2,1-3H3,(H,15,16,17). The summed E-state index contributed by atoms with van der Waals surface area (Å²) < 4.78 is 0. The number of anilines is 2. The Morgan fingerprint density at radius 1 is 1.52 bits per heavy atom. The molecule has 0 unspecified atom stereocenters. The lowest BCUT2D eigenvalue weighted by Crippen LogP contribution is -2.29. The minimum atomic E-state index is -0.393. The monoisotopic (exact) mass is 293 g/mol. The normalized spacial score (nSPS) is 14.3. The zero-order valence-corrected chi connectivity index (χ0v) is 12.9. The van der Waals surface area contributed by atoms with E-state index in [2.05, 4.69) is 34.0 Å². The lowest BCUT2D eigenvalue weighted by Gasteiger charge is -2.24. The number of nitro groups is 1. The zero-order chi connectivity index (χ0) is 15.4. The number of hydrogen-bond donors (Lipinski definition) is 1. The Balaban J connectivity index is 2.31. The van der Waals surface area contributed by atoms with Crippen molar-refractivity contribution in [1.29, 1.82) is 0 Å². The first-order valence-electron chi connectivity index (χ1n) is 7.54. The van der Waals surface area contributed by atoms with Gasteiger partial charge in [-0.3, -0.25) is 10.1 Å². The number of nitrogens with zero attached hydrogens (tertiary/aromatic N) is 4. The van der Waals surface area contributed by atoms with Crippen LogP contribution in [0.15, 0.2) is 6.20 Å². The maximum absolute atomic E-state index is 11.3. The van der Waals surface area contributed by atoms with E-state index in [9.17, 15) is 10.1 Å². The van der Waals surface area contributed by atoms with E-state index in [1.54, 1.807) is 0 Å². The molecule has 0 aliphatic heterocycles. The van der Waals surface area contributed by atoms with Gasteiger partial charge in [0.15, 0.2) is 0 Å². The molecule has 1 aromatic rings. The second kappa shape index (κ2) is 6.69. The minimum Gasteiger partial charge on any atom is -0.354 e. The van der Waals surface area contributed by atoms with Crippen LogP contribution >= 0.6 is 0 Å². The Bertz CT molecular complexity index is 502. The first-order valence-corrected chi connectivity index (χ1v) is 7.54. The summed E-state index contributed by atoms with van der Waals surface area (Å²) in [5.41, 5.74) is -0.00712. The van der Waals surface area contributed by atoms with E-state index >= 15 is 0 Å². The van der Waals surface area contributed by atoms with Gasteiger partial charge in [-0.05, 0) is 32.1 Å². The third-order valence-electron chi connectivity index (χ3n) is 3.49. The van der Waals surface area contributed by atoms with E-state index in [0.29, 0.717) is 30.3 Å². The summed E-state index contributed by atoms with van der Waals surface area (Å²) in [5.74, 6) is 1.46. The summed E-state index contributed by atoms with van der Waals surface area (Å²) in [5, 5.41) is 14.3. The van der Waals surface area contributed by atoms with Crippen molar-refractivity contribution in [1.82, 2.24) is 9.97 Å². The Morgan fingerprint density at radius 3 is 2.76 bits per heavy atom. The van der Waals surface area contributed by atoms with Gasteiger partial charge in [0.25, 0.3) is 0 Å². The van der Waals surface area contributed by atoms with Crippen molar-refractivity contribution in [3.05, 3.63) is 16.3 Å². The molecule has 1 aromatic heterocycles. The molecule has 0 amide bonds. The Kier molecular flexibility index (Phi) is 4.93. The van der Waals surface area contributed by atoms with Crippen molar-refractivity contribution in [2.45, 2.75) is 46.1 Å². The second-order valence-electron chi connectivity index (χ2n) is 5.80. The quantitative estimate of drug-likeness (QED) is 0.586. The molecule has 0 saturated heterocycles. The second-order valence-corrected chi connectivity index (χ2v) is 5.80. The number of hydrogen-bond acceptors (Lipinski definition) is 6. The van der Waals surface area contributed by atoms with Gasteiger partial charge in [0, 0.05) is 19.1 Å². The van der Waals surface area contributed by atoms with Crippen molar-refractivity contribution >= 4 is 17.5 Å². The predicted octanol–water partition coefficient (Wildman–Crippen LogP) is 2.83. The Labute approximate surface area is 124 Å². The fraction of sp³-hybridized carbons (Fsp3) is 0.714. The fourth-order valence-electron chi connectivity index (χ4n) is 2.19. The van der Waals surface area contributed by atoms with Gasteiger partial charge in [-0.2, -0.15) is 4.98 Å². The number of aromatic nitrogens is 2. The van der Waals surface area contributed by atoms with E-state index < -0.39 is 4.92 Å². The van der Waals surface area contributed by atoms with Crippen LogP contribution in [0.1, 0.15) is 40.0 Å². The van der Waals surface area contributed by atoms with Gasteiger partial charge < -0.3 is 10.2 Å². The van der Waals surface area contributed by atoms with E-state index in [0.717, 1.165) is 25.8 Å². The van der Waals surface area contributed by atoms with Gasteiger partial charge >= 0.3 is 5.69 Å². The van der Waals surface area contributed by atoms with Crippen molar-refractivity contribution < 1.29 is 4.92 Å². The summed E-state index contributed by atoms with van der Waals surface area (Å²) in [6, 6.07) is 0.381. The minimum absolute atomic E-state index is 0.00712. The summed E-state index contributed by atoms with van der Waals surface area (Å²) in [6.45, 7) is 7.74. The topological polar surface area (TPSA) is 84.2 Å². The SMILES string of the molecule is CCNc1ncc([N+](=O)[O-])c(N(CCC(C)C)C2CC2)n1. The highest BCUT2D eigenvalue weighted by Gasteiger charge is 2.34. The molecule has 0 atom stereocenters. The van der Waals surface area contributed by atoms with Crippen LogP contribution in [0.3, 0.4) is 0 Å². The Hall–Kier alpha value is -1.92. The molecule has 2 rings (SSSR count). The summed E-state index contributed by atoms with van der Waals surface area (Å²) in [7, 11) is 0. The van der Waals surface area contributed by atoms with Crippen LogP contribution < -0.4 is 10.2 Å². The molecular weight excluding hydrogens is 270 g/mol. The molecule has 0 aromatic carbocycles. The van der Waals surface area contributed by atoms with Crippen LogP contribution in [-0.4, -0.2) is 34.0 Å². The van der Waals surface area contributed by atoms with Gasteiger partial charge in [-0.25, -0.2) is 4.98 Å². The lowest BCUT2D eigenvalue weighted by molar-refractivity contribution is -0.384. The summed E-state index contributed by atoms with van der Waals surface area (Å²) in [4.78, 5) is 21.3. The van der Waals surface area contributed by atoms with Crippen LogP contribution in [0.5, 0.6) is 0 Å². The largest absolute Gasteiger partial charge is 0.354 e. The van der Waals surface area contributed by atoms with E-state index in [-0.39, 0.29) is 5.69 Å². The molecule has 0 spiro atoms. The summed E-state index contributed by atoms with van der Waals surface area (Å²) in [6.07, 6.45) is 4.46. The fourth-order valence-corrected chi connectivity index (χ4v) is 2.19. The van der Waals surface area contributed by atoms with Gasteiger partial charge in [-0.15, -0.1) is 0 Å². The Morgan fingerprint density at radius 2 is 2.24 bits per heavy atom. The third-order valence-corrected chi connectivity index (χ3v) is 3.49. The van der Waals surface area contributed by atoms with Gasteiger partial charge in [0.2, 0.25) is 11.8 Å². The molecule has 1 N–H and O–H groups in total. The predicted molar refractivity (Wildman–Crippen MR) is 82.7 cm³/mol. The highest BCUT2D eigenvalue weighted by Crippen LogP contribution is 2.36. The van der Waals surface area contributed by atoms with Crippen LogP contribution in [0.25, 0.3) is 0 Å². The van der Waals surface area contributed by atoms with Crippen molar-refractivity contribution in [3.8, 4) is 0 Å². The molecule has 1 fully saturated rings. The van der Waals surface area contributed by atoms with Crippen LogP contribution in [0, 0.1) is 16.0 Å². The molecule has 1 aliphatic rings. The average Bonchev–Trinajstić information content (AvgIpc) is 3.23. The molecule has 1 saturated carbocycles. The molecule has 7 heteroatoms. The molecule has 0 radical (unpaired) electrons. The van der Waals surface area contributed by atoms with Crippen LogP contribution in [0.4, 0.5) is 17.5 Å². The van der Waals surface area contributed by atoms with Crippen molar-refractivity contribution in [3.63, 3.8) is 0 Å². The lowest BCUT2D eigenvalue weighted by atomic mass is 10.1. The summed E-state index contributed by atoms with van der Waals surface area (Å²) >= 11 is 0. The zero-order valence-electron chi connectivity index (χ0n) is 12.9. The van der Waals surface area contributed by atoms with E-state index in [1.165, 1.54) is 6.20 Å². The van der Waals surface area contributed by atoms with Crippen molar-refractivity contribution in [2.24, 2.45) is 5.92 Å². The molecule has 1 heterocycles. The molecule has 21 heavy (non-hydrogen) atoms. The average molecular weight is 293 g/mol. The van der Waals surface area contributed by atoms with Gasteiger partial charge in [0.1, 0.15) is 6.20 Å². The smallest absolute Gasteiger partial charge is 0.329 e.